The molecule has 0 unspecified atom stereocenters. The number of amides is 2. The average Bonchev–Trinajstić information content (AvgIpc) is 2.14. The van der Waals surface area contributed by atoms with Crippen molar-refractivity contribution in [3.05, 3.63) is 18.2 Å². The van der Waals surface area contributed by atoms with Crippen molar-refractivity contribution in [1.29, 1.82) is 0 Å². The second-order valence-corrected chi connectivity index (χ2v) is 3.50. The molecule has 1 rings (SSSR count). The maximum absolute atomic E-state index is 11.0. The number of hydrogen-bond acceptors (Lipinski definition) is 4. The maximum Gasteiger partial charge on any atom is 0.492 e. The van der Waals surface area contributed by atoms with Crippen molar-refractivity contribution >= 4 is 35.8 Å². The van der Waals surface area contributed by atoms with Gasteiger partial charge in [-0.05, 0) is 12.1 Å². The lowest BCUT2D eigenvalue weighted by molar-refractivity contribution is -0.115. The lowest BCUT2D eigenvalue weighted by Crippen LogP contribution is -2.36. The quantitative estimate of drug-likeness (QED) is 0.520. The maximum atomic E-state index is 11.0. The van der Waals surface area contributed by atoms with Gasteiger partial charge in [-0.25, -0.2) is 0 Å². The summed E-state index contributed by atoms with van der Waals surface area (Å²) >= 11 is 0. The van der Waals surface area contributed by atoms with Gasteiger partial charge in [-0.2, -0.15) is 0 Å². The minimum atomic E-state index is -1.79. The summed E-state index contributed by atoms with van der Waals surface area (Å²) in [6.07, 6.45) is 0. The molecule has 0 aliphatic heterocycles. The number of carbonyl (C=O) groups is 2. The van der Waals surface area contributed by atoms with Crippen molar-refractivity contribution in [3.63, 3.8) is 0 Å². The van der Waals surface area contributed by atoms with Crippen molar-refractivity contribution in [1.82, 2.24) is 0 Å². The summed E-state index contributed by atoms with van der Waals surface area (Å²) < 4.78 is 0. The van der Waals surface area contributed by atoms with E-state index in [2.05, 4.69) is 10.6 Å². The molecule has 6 nitrogen and oxygen atoms in total. The fourth-order valence-corrected chi connectivity index (χ4v) is 1.44. The molecule has 0 bridgehead atoms. The van der Waals surface area contributed by atoms with E-state index in [4.69, 9.17) is 0 Å². The first kappa shape index (κ1) is 13.2. The van der Waals surface area contributed by atoms with E-state index in [1.54, 1.807) is 6.07 Å². The van der Waals surface area contributed by atoms with Crippen LogP contribution in [0.25, 0.3) is 0 Å². The second-order valence-electron chi connectivity index (χ2n) is 3.50. The average molecular weight is 236 g/mol. The van der Waals surface area contributed by atoms with E-state index >= 15 is 0 Å². The predicted octanol–water partition coefficient (Wildman–Crippen LogP) is -0.717. The Bertz CT molecular complexity index is 414. The van der Waals surface area contributed by atoms with Gasteiger partial charge in [-0.3, -0.25) is 9.59 Å². The van der Waals surface area contributed by atoms with Gasteiger partial charge in [0.25, 0.3) is 0 Å². The van der Waals surface area contributed by atoms with Crippen LogP contribution in [0.15, 0.2) is 18.2 Å². The summed E-state index contributed by atoms with van der Waals surface area (Å²) in [7, 11) is -1.79. The molecule has 4 N–H and O–H groups in total. The molecule has 7 heteroatoms. The van der Waals surface area contributed by atoms with Crippen LogP contribution in [-0.4, -0.2) is 29.0 Å². The minimum absolute atomic E-state index is 0.0536. The number of anilines is 2. The fourth-order valence-electron chi connectivity index (χ4n) is 1.44. The Kier molecular flexibility index (Phi) is 4.25. The number of carbonyl (C=O) groups excluding carboxylic acids is 2. The summed E-state index contributed by atoms with van der Waals surface area (Å²) in [6, 6.07) is 4.62. The van der Waals surface area contributed by atoms with Crippen molar-refractivity contribution in [2.75, 3.05) is 10.6 Å². The van der Waals surface area contributed by atoms with Crippen LogP contribution in [0.3, 0.4) is 0 Å². The molecular formula is C10H13BN2O4. The van der Waals surface area contributed by atoms with Gasteiger partial charge in [0.05, 0.1) is 0 Å². The highest BCUT2D eigenvalue weighted by atomic mass is 16.4. The van der Waals surface area contributed by atoms with E-state index < -0.39 is 7.12 Å². The number of nitrogens with one attached hydrogen (secondary N) is 2. The Morgan fingerprint density at radius 3 is 1.76 bits per heavy atom. The topological polar surface area (TPSA) is 98.7 Å². The summed E-state index contributed by atoms with van der Waals surface area (Å²) in [5, 5.41) is 23.4. The van der Waals surface area contributed by atoms with E-state index in [0.29, 0.717) is 0 Å². The molecule has 17 heavy (non-hydrogen) atoms. The molecule has 0 fully saturated rings. The van der Waals surface area contributed by atoms with Crippen LogP contribution in [0.4, 0.5) is 11.4 Å². The van der Waals surface area contributed by atoms with Crippen LogP contribution in [-0.2, 0) is 9.59 Å². The number of benzene rings is 1. The van der Waals surface area contributed by atoms with Gasteiger partial charge in [0.15, 0.2) is 0 Å². The third-order valence-electron chi connectivity index (χ3n) is 1.99. The van der Waals surface area contributed by atoms with Gasteiger partial charge < -0.3 is 20.7 Å². The summed E-state index contributed by atoms with van der Waals surface area (Å²) in [5.41, 5.74) is 0.551. The van der Waals surface area contributed by atoms with Gasteiger partial charge in [0.2, 0.25) is 11.8 Å². The van der Waals surface area contributed by atoms with Crippen LogP contribution >= 0.6 is 0 Å². The van der Waals surface area contributed by atoms with Crippen molar-refractivity contribution < 1.29 is 19.6 Å². The third kappa shape index (κ3) is 3.58. The molecular weight excluding hydrogens is 223 g/mol. The lowest BCUT2D eigenvalue weighted by atomic mass is 9.77. The highest BCUT2D eigenvalue weighted by Crippen LogP contribution is 2.13. The van der Waals surface area contributed by atoms with Crippen molar-refractivity contribution in [3.8, 4) is 0 Å². The Morgan fingerprint density at radius 2 is 1.47 bits per heavy atom. The standard InChI is InChI=1S/C10H13BN2O4/c1-6(14)12-8-4-3-5-9(13-7(2)15)10(8)11(16)17/h3-5,16-17H,1-2H3,(H,12,14)(H,13,15). The third-order valence-corrected chi connectivity index (χ3v) is 1.99. The Morgan fingerprint density at radius 1 is 1.06 bits per heavy atom. The zero-order valence-electron chi connectivity index (χ0n) is 9.52. The molecule has 0 aliphatic carbocycles. The van der Waals surface area contributed by atoms with Crippen LogP contribution in [0.5, 0.6) is 0 Å². The highest BCUT2D eigenvalue weighted by molar-refractivity contribution is 6.63. The second kappa shape index (κ2) is 5.47. The fraction of sp³-hybridized carbons (Fsp3) is 0.200. The summed E-state index contributed by atoms with van der Waals surface area (Å²) in [6.45, 7) is 2.61. The molecule has 1 aromatic carbocycles. The molecule has 2 amide bonds. The minimum Gasteiger partial charge on any atom is -0.423 e. The smallest absolute Gasteiger partial charge is 0.423 e. The van der Waals surface area contributed by atoms with Gasteiger partial charge in [-0.1, -0.05) is 6.07 Å². The zero-order chi connectivity index (χ0) is 13.0. The summed E-state index contributed by atoms with van der Waals surface area (Å²) in [5.74, 6) is -0.682. The molecule has 0 radical (unpaired) electrons. The first-order valence-electron chi connectivity index (χ1n) is 4.96. The number of hydrogen-bond donors (Lipinski definition) is 4. The Balaban J connectivity index is 3.21. The normalized spacial score (nSPS) is 9.65. The van der Waals surface area contributed by atoms with Crippen LogP contribution < -0.4 is 16.1 Å². The van der Waals surface area contributed by atoms with Gasteiger partial charge in [0.1, 0.15) is 0 Å². The first-order chi connectivity index (χ1) is 7.91. The van der Waals surface area contributed by atoms with Crippen molar-refractivity contribution in [2.24, 2.45) is 0 Å². The van der Waals surface area contributed by atoms with Gasteiger partial charge in [-0.15, -0.1) is 0 Å². The van der Waals surface area contributed by atoms with E-state index in [1.807, 2.05) is 0 Å². The lowest BCUT2D eigenvalue weighted by Gasteiger charge is -2.14. The van der Waals surface area contributed by atoms with Crippen LogP contribution in [0.1, 0.15) is 13.8 Å². The predicted molar refractivity (Wildman–Crippen MR) is 64.9 cm³/mol. The largest absolute Gasteiger partial charge is 0.492 e. The Hall–Kier alpha value is -1.86. The zero-order valence-corrected chi connectivity index (χ0v) is 9.52. The van der Waals surface area contributed by atoms with Crippen LogP contribution in [0, 0.1) is 0 Å². The molecule has 90 valence electrons. The molecule has 0 saturated heterocycles. The Labute approximate surface area is 98.8 Å². The molecule has 0 heterocycles. The van der Waals surface area contributed by atoms with E-state index in [1.165, 1.54) is 26.0 Å². The van der Waals surface area contributed by atoms with E-state index in [-0.39, 0.29) is 28.7 Å². The van der Waals surface area contributed by atoms with Crippen molar-refractivity contribution in [2.45, 2.75) is 13.8 Å². The number of rotatable bonds is 3. The van der Waals surface area contributed by atoms with E-state index in [0.717, 1.165) is 0 Å². The van der Waals surface area contributed by atoms with Gasteiger partial charge >= 0.3 is 7.12 Å². The van der Waals surface area contributed by atoms with Crippen LogP contribution in [0.2, 0.25) is 0 Å². The molecule has 0 aliphatic rings. The molecule has 0 aromatic heterocycles. The first-order valence-corrected chi connectivity index (χ1v) is 4.96. The molecule has 0 spiro atoms. The monoisotopic (exact) mass is 236 g/mol. The van der Waals surface area contributed by atoms with E-state index in [9.17, 15) is 19.6 Å². The molecule has 1 aromatic rings. The van der Waals surface area contributed by atoms with Gasteiger partial charge in [0, 0.05) is 30.7 Å². The summed E-state index contributed by atoms with van der Waals surface area (Å²) in [4.78, 5) is 21.9. The SMILES string of the molecule is CC(=O)Nc1cccc(NC(C)=O)c1B(O)O. The molecule has 0 saturated carbocycles. The molecule has 0 atom stereocenters. The highest BCUT2D eigenvalue weighted by Gasteiger charge is 2.21.